The lowest BCUT2D eigenvalue weighted by atomic mass is 10.2. The Morgan fingerprint density at radius 1 is 1.13 bits per heavy atom. The van der Waals surface area contributed by atoms with E-state index in [-0.39, 0.29) is 14.8 Å². The lowest BCUT2D eigenvalue weighted by Crippen LogP contribution is -2.30. The first-order chi connectivity index (χ1) is 14.6. The van der Waals surface area contributed by atoms with Crippen LogP contribution in [0.3, 0.4) is 0 Å². The van der Waals surface area contributed by atoms with Crippen molar-refractivity contribution in [1.82, 2.24) is 4.31 Å². The van der Waals surface area contributed by atoms with Crippen LogP contribution < -0.4 is 10.2 Å². The Hall–Kier alpha value is -2.20. The van der Waals surface area contributed by atoms with Gasteiger partial charge in [-0.25, -0.2) is 12.8 Å². The van der Waals surface area contributed by atoms with Gasteiger partial charge in [-0.2, -0.15) is 4.31 Å². The fraction of sp³-hybridized carbons (Fsp3) is 0.286. The minimum atomic E-state index is -3.70. The minimum Gasteiger partial charge on any atom is -0.376 e. The Morgan fingerprint density at radius 3 is 2.42 bits per heavy atom. The molecule has 1 aromatic heterocycles. The van der Waals surface area contributed by atoms with Crippen LogP contribution in [-0.4, -0.2) is 45.8 Å². The third kappa shape index (κ3) is 4.55. The number of nitrogens with zero attached hydrogens (tertiary/aromatic N) is 2. The number of hydrogen-bond acceptors (Lipinski definition) is 5. The van der Waals surface area contributed by atoms with E-state index in [1.54, 1.807) is 38.9 Å². The van der Waals surface area contributed by atoms with Crippen molar-refractivity contribution in [3.63, 3.8) is 0 Å². The lowest BCUT2D eigenvalue weighted by Gasteiger charge is -2.22. The van der Waals surface area contributed by atoms with E-state index in [9.17, 15) is 17.6 Å². The monoisotopic (exact) mass is 483 g/mol. The maximum atomic E-state index is 13.5. The molecule has 0 fully saturated rings. The molecule has 0 bridgehead atoms. The van der Waals surface area contributed by atoms with Crippen LogP contribution in [-0.2, 0) is 10.0 Å². The normalized spacial score (nSPS) is 11.8. The molecule has 1 N–H and O–H groups in total. The van der Waals surface area contributed by atoms with Crippen LogP contribution >= 0.6 is 22.9 Å². The predicted molar refractivity (Wildman–Crippen MR) is 126 cm³/mol. The Morgan fingerprint density at radius 2 is 1.81 bits per heavy atom. The maximum Gasteiger partial charge on any atom is 0.267 e. The molecular weight excluding hydrogens is 461 g/mol. The number of fused-ring (bicyclic) bond motifs is 1. The summed E-state index contributed by atoms with van der Waals surface area (Å²) in [6, 6.07) is 8.76. The standard InChI is InChI=1S/C21H23ClFN3O3S2/c1-5-26(6-2)31(28,29)14-8-10-17(25(3)4)16(12-14)24-21(27)20-19(22)15-9-7-13(23)11-18(15)30-20/h7-12H,5-6H2,1-4H3,(H,24,27). The number of benzene rings is 2. The van der Waals surface area contributed by atoms with Gasteiger partial charge in [-0.05, 0) is 36.4 Å². The molecule has 0 aliphatic carbocycles. The number of thiophene rings is 1. The second kappa shape index (κ2) is 9.12. The van der Waals surface area contributed by atoms with Crippen molar-refractivity contribution < 1.29 is 17.6 Å². The molecule has 0 unspecified atom stereocenters. The first-order valence-corrected chi connectivity index (χ1v) is 12.2. The molecule has 2 aromatic carbocycles. The summed E-state index contributed by atoms with van der Waals surface area (Å²) in [6.07, 6.45) is 0. The summed E-state index contributed by atoms with van der Waals surface area (Å²) >= 11 is 7.45. The second-order valence-electron chi connectivity index (χ2n) is 7.00. The van der Waals surface area contributed by atoms with Crippen LogP contribution in [0.4, 0.5) is 15.8 Å². The molecule has 31 heavy (non-hydrogen) atoms. The summed E-state index contributed by atoms with van der Waals surface area (Å²) in [5.41, 5.74) is 0.970. The fourth-order valence-corrected chi connectivity index (χ4v) is 6.16. The van der Waals surface area contributed by atoms with Gasteiger partial charge in [0.2, 0.25) is 10.0 Å². The van der Waals surface area contributed by atoms with E-state index >= 15 is 0 Å². The highest BCUT2D eigenvalue weighted by molar-refractivity contribution is 7.89. The zero-order valence-corrected chi connectivity index (χ0v) is 20.0. The first kappa shape index (κ1) is 23.5. The van der Waals surface area contributed by atoms with Gasteiger partial charge in [0, 0.05) is 37.3 Å². The molecule has 0 saturated carbocycles. The Balaban J connectivity index is 2.03. The highest BCUT2D eigenvalue weighted by Crippen LogP contribution is 2.37. The van der Waals surface area contributed by atoms with Gasteiger partial charge in [-0.1, -0.05) is 25.4 Å². The summed E-state index contributed by atoms with van der Waals surface area (Å²) in [7, 11) is -0.121. The van der Waals surface area contributed by atoms with Gasteiger partial charge in [-0.3, -0.25) is 4.79 Å². The molecule has 0 radical (unpaired) electrons. The number of carbonyl (C=O) groups excluding carboxylic acids is 1. The second-order valence-corrected chi connectivity index (χ2v) is 10.4. The smallest absolute Gasteiger partial charge is 0.267 e. The van der Waals surface area contributed by atoms with Crippen molar-refractivity contribution in [2.45, 2.75) is 18.7 Å². The Bertz CT molecular complexity index is 1240. The molecule has 1 heterocycles. The lowest BCUT2D eigenvalue weighted by molar-refractivity contribution is 0.103. The van der Waals surface area contributed by atoms with Crippen LogP contribution in [0, 0.1) is 5.82 Å². The van der Waals surface area contributed by atoms with Crippen molar-refractivity contribution in [1.29, 1.82) is 0 Å². The van der Waals surface area contributed by atoms with E-state index in [0.717, 1.165) is 11.3 Å². The number of rotatable bonds is 7. The quantitative estimate of drug-likeness (QED) is 0.511. The van der Waals surface area contributed by atoms with Crippen molar-refractivity contribution in [2.24, 2.45) is 0 Å². The molecule has 3 rings (SSSR count). The number of sulfonamides is 1. The number of carbonyl (C=O) groups is 1. The molecule has 0 aliphatic heterocycles. The highest BCUT2D eigenvalue weighted by Gasteiger charge is 2.24. The molecule has 6 nitrogen and oxygen atoms in total. The van der Waals surface area contributed by atoms with E-state index < -0.39 is 21.7 Å². The molecule has 10 heteroatoms. The van der Waals surface area contributed by atoms with E-state index in [1.807, 2.05) is 0 Å². The SMILES string of the molecule is CCN(CC)S(=O)(=O)c1ccc(N(C)C)c(NC(=O)c2sc3cc(F)ccc3c2Cl)c1. The van der Waals surface area contributed by atoms with Crippen LogP contribution in [0.1, 0.15) is 23.5 Å². The van der Waals surface area contributed by atoms with Crippen molar-refractivity contribution in [3.05, 3.63) is 52.1 Å². The van der Waals surface area contributed by atoms with Crippen molar-refractivity contribution >= 4 is 60.3 Å². The molecule has 3 aromatic rings. The average Bonchev–Trinajstić information content (AvgIpc) is 3.04. The number of nitrogens with one attached hydrogen (secondary N) is 1. The van der Waals surface area contributed by atoms with Gasteiger partial charge < -0.3 is 10.2 Å². The van der Waals surface area contributed by atoms with Gasteiger partial charge in [0.25, 0.3) is 5.91 Å². The number of hydrogen-bond donors (Lipinski definition) is 1. The number of anilines is 2. The van der Waals surface area contributed by atoms with Crippen molar-refractivity contribution in [3.8, 4) is 0 Å². The Kier molecular flexibility index (Phi) is 6.90. The van der Waals surface area contributed by atoms with Gasteiger partial charge in [0.05, 0.1) is 21.3 Å². The van der Waals surface area contributed by atoms with E-state index in [2.05, 4.69) is 5.32 Å². The van der Waals surface area contributed by atoms with E-state index in [0.29, 0.717) is 34.6 Å². The van der Waals surface area contributed by atoms with Crippen LogP contribution in [0.2, 0.25) is 5.02 Å². The van der Waals surface area contributed by atoms with E-state index in [1.165, 1.54) is 34.6 Å². The minimum absolute atomic E-state index is 0.0848. The third-order valence-electron chi connectivity index (χ3n) is 4.84. The molecule has 0 spiro atoms. The Labute approximate surface area is 190 Å². The summed E-state index contributed by atoms with van der Waals surface area (Å²) in [5, 5.41) is 3.60. The van der Waals surface area contributed by atoms with Gasteiger partial charge >= 0.3 is 0 Å². The third-order valence-corrected chi connectivity index (χ3v) is 8.54. The highest BCUT2D eigenvalue weighted by atomic mass is 35.5. The van der Waals surface area contributed by atoms with Crippen LogP contribution in [0.15, 0.2) is 41.3 Å². The van der Waals surface area contributed by atoms with Gasteiger partial charge in [0.15, 0.2) is 0 Å². The summed E-state index contributed by atoms with van der Waals surface area (Å²) in [6.45, 7) is 4.21. The van der Waals surface area contributed by atoms with Gasteiger partial charge in [0.1, 0.15) is 10.7 Å². The molecular formula is C21H23ClFN3O3S2. The molecule has 0 atom stereocenters. The van der Waals surface area contributed by atoms with E-state index in [4.69, 9.17) is 11.6 Å². The number of halogens is 2. The molecule has 0 aliphatic rings. The molecule has 1 amide bonds. The summed E-state index contributed by atoms with van der Waals surface area (Å²) in [5.74, 6) is -0.909. The van der Waals surface area contributed by atoms with Crippen molar-refractivity contribution in [2.75, 3.05) is 37.4 Å². The topological polar surface area (TPSA) is 69.7 Å². The predicted octanol–water partition coefficient (Wildman–Crippen LogP) is 5.04. The zero-order valence-electron chi connectivity index (χ0n) is 17.6. The first-order valence-electron chi connectivity index (χ1n) is 9.60. The fourth-order valence-electron chi connectivity index (χ4n) is 3.24. The average molecular weight is 484 g/mol. The summed E-state index contributed by atoms with van der Waals surface area (Å²) < 4.78 is 41.3. The summed E-state index contributed by atoms with van der Waals surface area (Å²) in [4.78, 5) is 15.1. The number of amides is 1. The molecule has 0 saturated heterocycles. The molecule has 166 valence electrons. The van der Waals surface area contributed by atoms with Crippen LogP contribution in [0.25, 0.3) is 10.1 Å². The maximum absolute atomic E-state index is 13.5. The zero-order chi connectivity index (χ0) is 22.9. The largest absolute Gasteiger partial charge is 0.376 e. The van der Waals surface area contributed by atoms with Crippen LogP contribution in [0.5, 0.6) is 0 Å². The van der Waals surface area contributed by atoms with Gasteiger partial charge in [-0.15, -0.1) is 11.3 Å².